The predicted octanol–water partition coefficient (Wildman–Crippen LogP) is 4.34. The Morgan fingerprint density at radius 2 is 1.66 bits per heavy atom. The van der Waals surface area contributed by atoms with Crippen molar-refractivity contribution in [2.45, 2.75) is 33.9 Å². The minimum Gasteiger partial charge on any atom is -0.325 e. The molecule has 0 aliphatic rings. The molecule has 1 aromatic heterocycles. The van der Waals surface area contributed by atoms with Crippen LogP contribution in [0.2, 0.25) is 0 Å². The first-order valence-electron chi connectivity index (χ1n) is 11.1. The number of nitrogens with zero attached hydrogens (tertiary/aromatic N) is 3. The summed E-state index contributed by atoms with van der Waals surface area (Å²) in [6.45, 7) is 4.98. The fourth-order valence-corrected chi connectivity index (χ4v) is 4.01. The summed E-state index contributed by atoms with van der Waals surface area (Å²) in [6, 6.07) is 18.3. The maximum atomic E-state index is 13.5. The van der Waals surface area contributed by atoms with E-state index >= 15 is 0 Å². The number of para-hydroxylation sites is 2. The number of amides is 2. The van der Waals surface area contributed by atoms with Crippen molar-refractivity contribution in [3.8, 4) is 0 Å². The number of carbonyl (C=O) groups excluding carboxylic acids is 2. The highest BCUT2D eigenvalue weighted by Crippen LogP contribution is 2.18. The third kappa shape index (κ3) is 5.43. The van der Waals surface area contributed by atoms with Gasteiger partial charge in [-0.1, -0.05) is 30.3 Å². The third-order valence-electron chi connectivity index (χ3n) is 5.53. The number of anilines is 2. The van der Waals surface area contributed by atoms with Crippen molar-refractivity contribution in [1.82, 2.24) is 9.55 Å². The van der Waals surface area contributed by atoms with E-state index in [1.54, 1.807) is 36.4 Å². The Labute approximate surface area is 201 Å². The van der Waals surface area contributed by atoms with Crippen molar-refractivity contribution < 1.29 is 14.0 Å². The quantitative estimate of drug-likeness (QED) is 0.452. The summed E-state index contributed by atoms with van der Waals surface area (Å²) in [7, 11) is 0. The highest BCUT2D eigenvalue weighted by Gasteiger charge is 2.22. The fraction of sp³-hybridized carbons (Fsp3) is 0.185. The van der Waals surface area contributed by atoms with Gasteiger partial charge in [-0.15, -0.1) is 0 Å². The minimum atomic E-state index is -0.573. The molecule has 0 saturated carbocycles. The lowest BCUT2D eigenvalue weighted by Gasteiger charge is -2.21. The number of aromatic nitrogens is 2. The van der Waals surface area contributed by atoms with Crippen molar-refractivity contribution in [2.75, 3.05) is 10.2 Å². The Morgan fingerprint density at radius 3 is 2.31 bits per heavy atom. The van der Waals surface area contributed by atoms with Gasteiger partial charge in [-0.2, -0.15) is 0 Å². The van der Waals surface area contributed by atoms with Crippen molar-refractivity contribution >= 4 is 34.4 Å². The van der Waals surface area contributed by atoms with Crippen LogP contribution in [0.3, 0.4) is 0 Å². The van der Waals surface area contributed by atoms with Crippen LogP contribution < -0.4 is 15.8 Å². The Bertz CT molecular complexity index is 1460. The second kappa shape index (κ2) is 9.89. The van der Waals surface area contributed by atoms with Gasteiger partial charge in [0, 0.05) is 12.6 Å². The Balaban J connectivity index is 1.73. The summed E-state index contributed by atoms with van der Waals surface area (Å²) >= 11 is 0. The fourth-order valence-electron chi connectivity index (χ4n) is 4.01. The van der Waals surface area contributed by atoms with E-state index in [1.165, 1.54) is 28.5 Å². The molecule has 0 aliphatic heterocycles. The van der Waals surface area contributed by atoms with E-state index in [2.05, 4.69) is 10.3 Å². The summed E-state index contributed by atoms with van der Waals surface area (Å²) in [5.41, 5.74) is 3.65. The van der Waals surface area contributed by atoms with Crippen LogP contribution in [-0.4, -0.2) is 21.4 Å². The molecule has 1 N–H and O–H groups in total. The largest absolute Gasteiger partial charge is 0.325 e. The average Bonchev–Trinajstić information content (AvgIpc) is 2.79. The zero-order valence-corrected chi connectivity index (χ0v) is 19.7. The molecular weight excluding hydrogens is 447 g/mol. The lowest BCUT2D eigenvalue weighted by Crippen LogP contribution is -2.38. The number of rotatable bonds is 6. The zero-order chi connectivity index (χ0) is 25.1. The molecule has 0 spiro atoms. The molecule has 2 amide bonds. The zero-order valence-electron chi connectivity index (χ0n) is 19.7. The molecule has 0 bridgehead atoms. The van der Waals surface area contributed by atoms with Gasteiger partial charge in [-0.3, -0.25) is 23.9 Å². The first-order chi connectivity index (χ1) is 16.7. The molecule has 0 atom stereocenters. The second-order valence-electron chi connectivity index (χ2n) is 8.47. The number of hydrogen-bond acceptors (Lipinski definition) is 4. The molecule has 4 rings (SSSR count). The van der Waals surface area contributed by atoms with Crippen LogP contribution in [0.15, 0.2) is 71.5 Å². The van der Waals surface area contributed by atoms with Gasteiger partial charge in [-0.05, 0) is 66.9 Å². The number of aryl methyl sites for hydroxylation is 2. The molecule has 0 fully saturated rings. The maximum Gasteiger partial charge on any atom is 0.294 e. The van der Waals surface area contributed by atoms with Crippen LogP contribution in [0.1, 0.15) is 23.6 Å². The SMILES string of the molecule is CC(=O)N(Cc1ccc(F)cc1)c1nc2ccccc2n(CC(=O)Nc2cc(C)cc(C)c2)c1=O. The predicted molar refractivity (Wildman–Crippen MR) is 134 cm³/mol. The minimum absolute atomic E-state index is 0.0327. The number of nitrogens with one attached hydrogen (secondary N) is 1. The molecule has 0 saturated heterocycles. The summed E-state index contributed by atoms with van der Waals surface area (Å²) in [5, 5.41) is 2.85. The van der Waals surface area contributed by atoms with Gasteiger partial charge >= 0.3 is 0 Å². The lowest BCUT2D eigenvalue weighted by molar-refractivity contribution is -0.117. The molecule has 8 heteroatoms. The van der Waals surface area contributed by atoms with Crippen molar-refractivity contribution in [1.29, 1.82) is 0 Å². The van der Waals surface area contributed by atoms with Gasteiger partial charge in [0.1, 0.15) is 12.4 Å². The Hall–Kier alpha value is -4.33. The highest BCUT2D eigenvalue weighted by atomic mass is 19.1. The number of hydrogen-bond donors (Lipinski definition) is 1. The summed E-state index contributed by atoms with van der Waals surface area (Å²) in [5.74, 6) is -1.28. The lowest BCUT2D eigenvalue weighted by atomic mass is 10.1. The Morgan fingerprint density at radius 1 is 1.00 bits per heavy atom. The molecule has 0 unspecified atom stereocenters. The monoisotopic (exact) mass is 472 g/mol. The number of halogens is 1. The molecule has 4 aromatic rings. The van der Waals surface area contributed by atoms with Crippen LogP contribution >= 0.6 is 0 Å². The van der Waals surface area contributed by atoms with Crippen LogP contribution in [0.5, 0.6) is 0 Å². The number of fused-ring (bicyclic) bond motifs is 1. The molecule has 0 aliphatic carbocycles. The summed E-state index contributed by atoms with van der Waals surface area (Å²) in [4.78, 5) is 44.7. The van der Waals surface area contributed by atoms with Gasteiger partial charge in [-0.25, -0.2) is 9.37 Å². The maximum absolute atomic E-state index is 13.5. The summed E-state index contributed by atoms with van der Waals surface area (Å²) in [6.07, 6.45) is 0. The van der Waals surface area contributed by atoms with Crippen molar-refractivity contribution in [3.63, 3.8) is 0 Å². The van der Waals surface area contributed by atoms with E-state index in [4.69, 9.17) is 0 Å². The Kier molecular flexibility index (Phi) is 6.73. The van der Waals surface area contributed by atoms with Crippen LogP contribution in [0.4, 0.5) is 15.9 Å². The third-order valence-corrected chi connectivity index (χ3v) is 5.53. The van der Waals surface area contributed by atoms with E-state index in [0.717, 1.165) is 11.1 Å². The first-order valence-corrected chi connectivity index (χ1v) is 11.1. The first kappa shape index (κ1) is 23.8. The standard InChI is InChI=1S/C27H25FN4O3/c1-17-12-18(2)14-22(13-17)29-25(34)16-32-24-7-5-4-6-23(24)30-26(27(32)35)31(19(3)33)15-20-8-10-21(28)11-9-20/h4-14H,15-16H2,1-3H3,(H,29,34). The topological polar surface area (TPSA) is 84.3 Å². The smallest absolute Gasteiger partial charge is 0.294 e. The average molecular weight is 473 g/mol. The van der Waals surface area contributed by atoms with Crippen molar-refractivity contribution in [3.05, 3.63) is 99.6 Å². The van der Waals surface area contributed by atoms with Gasteiger partial charge in [0.15, 0.2) is 0 Å². The van der Waals surface area contributed by atoms with E-state index in [1.807, 2.05) is 32.0 Å². The van der Waals surface area contributed by atoms with Gasteiger partial charge in [0.05, 0.1) is 17.6 Å². The molecular formula is C27H25FN4O3. The van der Waals surface area contributed by atoms with E-state index in [-0.39, 0.29) is 24.8 Å². The van der Waals surface area contributed by atoms with Crippen molar-refractivity contribution in [2.24, 2.45) is 0 Å². The molecule has 35 heavy (non-hydrogen) atoms. The normalized spacial score (nSPS) is 10.9. The van der Waals surface area contributed by atoms with Gasteiger partial charge in [0.2, 0.25) is 17.6 Å². The number of benzene rings is 3. The highest BCUT2D eigenvalue weighted by molar-refractivity contribution is 5.93. The van der Waals surface area contributed by atoms with E-state index in [0.29, 0.717) is 22.3 Å². The van der Waals surface area contributed by atoms with Gasteiger partial charge < -0.3 is 5.32 Å². The van der Waals surface area contributed by atoms with E-state index in [9.17, 15) is 18.8 Å². The molecule has 3 aromatic carbocycles. The second-order valence-corrected chi connectivity index (χ2v) is 8.47. The molecule has 0 radical (unpaired) electrons. The number of carbonyl (C=O) groups is 2. The van der Waals surface area contributed by atoms with Crippen LogP contribution in [0.25, 0.3) is 11.0 Å². The summed E-state index contributed by atoms with van der Waals surface area (Å²) < 4.78 is 14.7. The molecule has 7 nitrogen and oxygen atoms in total. The molecule has 1 heterocycles. The van der Waals surface area contributed by atoms with Gasteiger partial charge in [0.25, 0.3) is 5.56 Å². The van der Waals surface area contributed by atoms with E-state index < -0.39 is 17.3 Å². The van der Waals surface area contributed by atoms with Crippen LogP contribution in [0, 0.1) is 19.7 Å². The van der Waals surface area contributed by atoms with Crippen LogP contribution in [-0.2, 0) is 22.7 Å². The molecule has 178 valence electrons.